The second-order valence-electron chi connectivity index (χ2n) is 4.69. The van der Waals surface area contributed by atoms with E-state index >= 15 is 0 Å². The standard InChI is InChI=1S/C13H19N3O3/c1-8(2)11(12(17)18)16-13(19)15-9(3)10-5-4-6-14-7-10/h4-9,11H,1-3H3,(H,17,18)(H2,15,16,19)/t9?,11-/m1/s1. The van der Waals surface area contributed by atoms with E-state index in [1.54, 1.807) is 32.3 Å². The number of nitrogens with one attached hydrogen (secondary N) is 2. The van der Waals surface area contributed by atoms with Crippen molar-refractivity contribution in [2.75, 3.05) is 0 Å². The highest BCUT2D eigenvalue weighted by molar-refractivity contribution is 5.82. The molecule has 0 radical (unpaired) electrons. The molecule has 0 saturated heterocycles. The molecule has 1 unspecified atom stereocenters. The van der Waals surface area contributed by atoms with Gasteiger partial charge in [-0.25, -0.2) is 9.59 Å². The zero-order chi connectivity index (χ0) is 14.4. The molecule has 1 aromatic rings. The molecule has 2 atom stereocenters. The maximum absolute atomic E-state index is 11.7. The molecule has 19 heavy (non-hydrogen) atoms. The molecule has 0 aliphatic heterocycles. The topological polar surface area (TPSA) is 91.3 Å². The van der Waals surface area contributed by atoms with E-state index in [0.717, 1.165) is 5.56 Å². The molecule has 1 aromatic heterocycles. The Labute approximate surface area is 112 Å². The Morgan fingerprint density at radius 3 is 2.42 bits per heavy atom. The number of aliphatic carboxylic acids is 1. The largest absolute Gasteiger partial charge is 0.480 e. The molecule has 6 nitrogen and oxygen atoms in total. The highest BCUT2D eigenvalue weighted by Crippen LogP contribution is 2.09. The smallest absolute Gasteiger partial charge is 0.326 e. The van der Waals surface area contributed by atoms with Gasteiger partial charge in [-0.1, -0.05) is 19.9 Å². The molecule has 0 spiro atoms. The molecule has 0 aromatic carbocycles. The summed E-state index contributed by atoms with van der Waals surface area (Å²) in [6.07, 6.45) is 3.30. The van der Waals surface area contributed by atoms with Gasteiger partial charge in [0.15, 0.2) is 0 Å². The van der Waals surface area contributed by atoms with Crippen LogP contribution in [0, 0.1) is 5.92 Å². The Morgan fingerprint density at radius 2 is 1.95 bits per heavy atom. The molecule has 0 fully saturated rings. The second kappa shape index (κ2) is 6.72. The summed E-state index contributed by atoms with van der Waals surface area (Å²) < 4.78 is 0. The van der Waals surface area contributed by atoms with Crippen LogP contribution in [-0.4, -0.2) is 28.1 Å². The summed E-state index contributed by atoms with van der Waals surface area (Å²) in [4.78, 5) is 26.7. The highest BCUT2D eigenvalue weighted by Gasteiger charge is 2.23. The van der Waals surface area contributed by atoms with Crippen LogP contribution >= 0.6 is 0 Å². The Kier molecular flexibility index (Phi) is 5.29. The number of aromatic nitrogens is 1. The number of carboxylic acid groups (broad SMARTS) is 1. The zero-order valence-electron chi connectivity index (χ0n) is 11.3. The number of rotatable bonds is 5. The number of carboxylic acids is 1. The number of carbonyl (C=O) groups is 2. The van der Waals surface area contributed by atoms with Crippen molar-refractivity contribution in [3.63, 3.8) is 0 Å². The molecule has 0 aliphatic rings. The van der Waals surface area contributed by atoms with Gasteiger partial charge in [-0.05, 0) is 24.5 Å². The van der Waals surface area contributed by atoms with Crippen molar-refractivity contribution in [3.8, 4) is 0 Å². The first-order valence-corrected chi connectivity index (χ1v) is 6.11. The predicted molar refractivity (Wildman–Crippen MR) is 70.6 cm³/mol. The van der Waals surface area contributed by atoms with Crippen molar-refractivity contribution in [1.82, 2.24) is 15.6 Å². The van der Waals surface area contributed by atoms with Crippen molar-refractivity contribution in [2.45, 2.75) is 32.9 Å². The Bertz CT molecular complexity index is 434. The van der Waals surface area contributed by atoms with Gasteiger partial charge in [-0.3, -0.25) is 4.98 Å². The van der Waals surface area contributed by atoms with Crippen LogP contribution in [0.2, 0.25) is 0 Å². The summed E-state index contributed by atoms with van der Waals surface area (Å²) in [7, 11) is 0. The number of hydrogen-bond donors (Lipinski definition) is 3. The fourth-order valence-electron chi connectivity index (χ4n) is 1.61. The summed E-state index contributed by atoms with van der Waals surface area (Å²) in [5.74, 6) is -1.23. The van der Waals surface area contributed by atoms with Crippen LogP contribution in [0.15, 0.2) is 24.5 Å². The van der Waals surface area contributed by atoms with E-state index in [-0.39, 0.29) is 12.0 Å². The third kappa shape index (κ3) is 4.57. The lowest BCUT2D eigenvalue weighted by molar-refractivity contribution is -0.140. The van der Waals surface area contributed by atoms with Crippen molar-refractivity contribution in [1.29, 1.82) is 0 Å². The van der Waals surface area contributed by atoms with Crippen LogP contribution in [0.4, 0.5) is 4.79 Å². The normalized spacial score (nSPS) is 13.7. The number of urea groups is 1. The summed E-state index contributed by atoms with van der Waals surface area (Å²) in [5.41, 5.74) is 0.856. The van der Waals surface area contributed by atoms with E-state index in [0.29, 0.717) is 0 Å². The fraction of sp³-hybridized carbons (Fsp3) is 0.462. The van der Waals surface area contributed by atoms with E-state index in [4.69, 9.17) is 5.11 Å². The lowest BCUT2D eigenvalue weighted by Crippen LogP contribution is -2.49. The van der Waals surface area contributed by atoms with Crippen LogP contribution in [-0.2, 0) is 4.79 Å². The number of pyridine rings is 1. The van der Waals surface area contributed by atoms with Crippen LogP contribution in [0.25, 0.3) is 0 Å². The van der Waals surface area contributed by atoms with Crippen LogP contribution in [0.5, 0.6) is 0 Å². The average Bonchev–Trinajstić information content (AvgIpc) is 2.36. The summed E-state index contributed by atoms with van der Waals surface area (Å²) in [6, 6.07) is 1.98. The van der Waals surface area contributed by atoms with Gasteiger partial charge in [0, 0.05) is 12.4 Å². The van der Waals surface area contributed by atoms with E-state index < -0.39 is 18.0 Å². The van der Waals surface area contributed by atoms with Crippen LogP contribution in [0.3, 0.4) is 0 Å². The van der Waals surface area contributed by atoms with Gasteiger partial charge in [-0.2, -0.15) is 0 Å². The van der Waals surface area contributed by atoms with Gasteiger partial charge in [0.1, 0.15) is 6.04 Å². The molecule has 1 heterocycles. The minimum Gasteiger partial charge on any atom is -0.480 e. The second-order valence-corrected chi connectivity index (χ2v) is 4.69. The first-order chi connectivity index (χ1) is 8.91. The third-order valence-corrected chi connectivity index (χ3v) is 2.75. The maximum Gasteiger partial charge on any atom is 0.326 e. The van der Waals surface area contributed by atoms with Gasteiger partial charge in [0.25, 0.3) is 0 Å². The van der Waals surface area contributed by atoms with E-state index in [1.807, 2.05) is 13.0 Å². The molecule has 3 N–H and O–H groups in total. The van der Waals surface area contributed by atoms with Crippen molar-refractivity contribution < 1.29 is 14.7 Å². The molecule has 0 saturated carbocycles. The monoisotopic (exact) mass is 265 g/mol. The van der Waals surface area contributed by atoms with E-state index in [9.17, 15) is 9.59 Å². The first kappa shape index (κ1) is 14.9. The number of nitrogens with zero attached hydrogens (tertiary/aromatic N) is 1. The third-order valence-electron chi connectivity index (χ3n) is 2.75. The quantitative estimate of drug-likeness (QED) is 0.753. The molecule has 104 valence electrons. The molecule has 6 heteroatoms. The highest BCUT2D eigenvalue weighted by atomic mass is 16.4. The number of amides is 2. The van der Waals surface area contributed by atoms with E-state index in [1.165, 1.54) is 0 Å². The predicted octanol–water partition coefficient (Wildman–Crippen LogP) is 1.55. The van der Waals surface area contributed by atoms with Crippen molar-refractivity contribution in [2.24, 2.45) is 5.92 Å². The van der Waals surface area contributed by atoms with Gasteiger partial charge < -0.3 is 15.7 Å². The van der Waals surface area contributed by atoms with E-state index in [2.05, 4.69) is 15.6 Å². The summed E-state index contributed by atoms with van der Waals surface area (Å²) in [6.45, 7) is 5.29. The number of carbonyl (C=O) groups excluding carboxylic acids is 1. The summed E-state index contributed by atoms with van der Waals surface area (Å²) in [5, 5.41) is 14.1. The van der Waals surface area contributed by atoms with Gasteiger partial charge >= 0.3 is 12.0 Å². The number of hydrogen-bond acceptors (Lipinski definition) is 3. The van der Waals surface area contributed by atoms with Gasteiger partial charge in [-0.15, -0.1) is 0 Å². The molecular formula is C13H19N3O3. The Hall–Kier alpha value is -2.11. The maximum atomic E-state index is 11.7. The fourth-order valence-corrected chi connectivity index (χ4v) is 1.61. The molecule has 2 amide bonds. The van der Waals surface area contributed by atoms with Crippen molar-refractivity contribution >= 4 is 12.0 Å². The first-order valence-electron chi connectivity index (χ1n) is 6.11. The van der Waals surface area contributed by atoms with Gasteiger partial charge in [0.05, 0.1) is 6.04 Å². The molecule has 0 aliphatic carbocycles. The van der Waals surface area contributed by atoms with Crippen molar-refractivity contribution in [3.05, 3.63) is 30.1 Å². The van der Waals surface area contributed by atoms with Crippen LogP contribution in [0.1, 0.15) is 32.4 Å². The SMILES string of the molecule is CC(NC(=O)N[C@@H](C(=O)O)C(C)C)c1cccnc1. The minimum absolute atomic E-state index is 0.183. The average molecular weight is 265 g/mol. The lowest BCUT2D eigenvalue weighted by atomic mass is 10.1. The summed E-state index contributed by atoms with van der Waals surface area (Å²) >= 11 is 0. The van der Waals surface area contributed by atoms with Gasteiger partial charge in [0.2, 0.25) is 0 Å². The zero-order valence-corrected chi connectivity index (χ0v) is 11.3. The molecule has 1 rings (SSSR count). The Morgan fingerprint density at radius 1 is 1.26 bits per heavy atom. The van der Waals surface area contributed by atoms with Crippen LogP contribution < -0.4 is 10.6 Å². The molecule has 0 bridgehead atoms. The minimum atomic E-state index is -1.04. The Balaban J connectivity index is 2.58. The molecular weight excluding hydrogens is 246 g/mol. The lowest BCUT2D eigenvalue weighted by Gasteiger charge is -2.20.